The van der Waals surface area contributed by atoms with E-state index in [1.54, 1.807) is 0 Å². The Hall–Kier alpha value is -3.57. The van der Waals surface area contributed by atoms with Gasteiger partial charge in [0.25, 0.3) is 5.91 Å². The Balaban J connectivity index is 1.44. The second kappa shape index (κ2) is 8.41. The largest absolute Gasteiger partial charge is 0.869 e. The van der Waals surface area contributed by atoms with E-state index >= 15 is 0 Å². The predicted molar refractivity (Wildman–Crippen MR) is 106 cm³/mol. The lowest BCUT2D eigenvalue weighted by molar-refractivity contribution is -0.270. The Labute approximate surface area is 185 Å². The molecule has 6 N–H and O–H groups in total. The molecule has 0 spiro atoms. The molecule has 1 aromatic carbocycles. The van der Waals surface area contributed by atoms with Gasteiger partial charge >= 0.3 is 10.3 Å². The van der Waals surface area contributed by atoms with Crippen molar-refractivity contribution in [2.75, 3.05) is 12.3 Å². The molecule has 0 bridgehead atoms. The molecule has 2 aromatic heterocycles. The smallest absolute Gasteiger partial charge is 0.362 e. The number of phenols is 1. The normalized spacial score (nSPS) is 23.1. The summed E-state index contributed by atoms with van der Waals surface area (Å²) in [4.78, 5) is 23.9. The first kappa shape index (κ1) is 22.6. The number of anilines is 1. The van der Waals surface area contributed by atoms with Gasteiger partial charge in [0.2, 0.25) is 0 Å². The number of nitrogens with zero attached hydrogens (tertiary/aromatic N) is 4. The van der Waals surface area contributed by atoms with E-state index in [1.165, 1.54) is 28.0 Å². The number of nitrogens with two attached hydrogens (primary N) is 1. The maximum Gasteiger partial charge on any atom is 0.362 e. The summed E-state index contributed by atoms with van der Waals surface area (Å²) in [6, 6.07) is 3.24. The minimum atomic E-state index is -4.75. The van der Waals surface area contributed by atoms with Crippen LogP contribution in [0.25, 0.3) is 11.2 Å². The summed E-state index contributed by atoms with van der Waals surface area (Å²) < 4.78 is 37.2. The number of benzene rings is 1. The standard InChI is InChI=1S/C17H18N6O9S/c18-14-10-15(20-5-19-14)23(6-21-10)17-13(27)12(26)9(32-17)4-31-33(29,30)22-16(28)7-2-1-3-8(24)11(7)25/h1-3,5-6,9,12-13,17,24-27H,4H2,(H,22,28)(H2,18,19,20)/p-1/t9?,12-,13-,17?/m1/s1. The summed E-state index contributed by atoms with van der Waals surface area (Å²) in [6.45, 7) is -0.786. The highest BCUT2D eigenvalue weighted by Gasteiger charge is 2.45. The number of aromatic hydroxyl groups is 1. The molecule has 3 heterocycles. The van der Waals surface area contributed by atoms with Gasteiger partial charge in [-0.1, -0.05) is 11.8 Å². The molecule has 4 atom stereocenters. The maximum atomic E-state index is 12.1. The van der Waals surface area contributed by atoms with E-state index in [0.29, 0.717) is 0 Å². The summed E-state index contributed by atoms with van der Waals surface area (Å²) in [7, 11) is -4.75. The SMILES string of the molecule is Nc1ncnc2c1ncn2C1OC(COS(=O)(=O)NC(=O)c2cccc(O)c2[O-])[C@@H](O)[C@H]1O. The maximum absolute atomic E-state index is 12.1. The Morgan fingerprint density at radius 1 is 1.27 bits per heavy atom. The summed E-state index contributed by atoms with van der Waals surface area (Å²) in [6.07, 6.45) is -3.20. The number of nitrogens with one attached hydrogen (secondary N) is 1. The van der Waals surface area contributed by atoms with Gasteiger partial charge in [-0.3, -0.25) is 13.5 Å². The molecule has 1 amide bonds. The van der Waals surface area contributed by atoms with Gasteiger partial charge in [0, 0.05) is 5.56 Å². The number of hydrogen-bond donors (Lipinski definition) is 5. The number of carbonyl (C=O) groups is 1. The van der Waals surface area contributed by atoms with Crippen molar-refractivity contribution >= 4 is 33.2 Å². The number of fused-ring (bicyclic) bond motifs is 1. The minimum Gasteiger partial charge on any atom is -0.869 e. The molecule has 0 aliphatic carbocycles. The summed E-state index contributed by atoms with van der Waals surface area (Å²) in [5.74, 6) is -3.05. The summed E-state index contributed by atoms with van der Waals surface area (Å²) in [5.41, 5.74) is 5.54. The fourth-order valence-electron chi connectivity index (χ4n) is 3.21. The summed E-state index contributed by atoms with van der Waals surface area (Å²) in [5, 5.41) is 41.8. The van der Waals surface area contributed by atoms with Gasteiger partial charge in [0.15, 0.2) is 17.7 Å². The first-order valence-corrected chi connectivity index (χ1v) is 10.6. The van der Waals surface area contributed by atoms with Crippen molar-refractivity contribution in [3.05, 3.63) is 36.4 Å². The van der Waals surface area contributed by atoms with E-state index < -0.39 is 64.4 Å². The van der Waals surface area contributed by atoms with E-state index in [9.17, 15) is 33.6 Å². The zero-order chi connectivity index (χ0) is 23.9. The van der Waals surface area contributed by atoms with Crippen LogP contribution in [0.15, 0.2) is 30.9 Å². The number of amides is 1. The van der Waals surface area contributed by atoms with Crippen molar-refractivity contribution < 1.29 is 42.6 Å². The second-order valence-corrected chi connectivity index (χ2v) is 8.30. The Bertz CT molecular complexity index is 1310. The number of hydrogen-bond acceptors (Lipinski definition) is 13. The molecule has 1 aliphatic rings. The van der Waals surface area contributed by atoms with Crippen LogP contribution in [0.4, 0.5) is 5.82 Å². The number of rotatable bonds is 6. The van der Waals surface area contributed by atoms with Crippen LogP contribution in [0.3, 0.4) is 0 Å². The van der Waals surface area contributed by atoms with Crippen LogP contribution in [-0.2, 0) is 19.2 Å². The van der Waals surface area contributed by atoms with Crippen LogP contribution < -0.4 is 15.6 Å². The third-order valence-electron chi connectivity index (χ3n) is 4.84. The second-order valence-electron chi connectivity index (χ2n) is 6.95. The zero-order valence-corrected chi connectivity index (χ0v) is 17.3. The molecule has 4 rings (SSSR count). The average molecular weight is 481 g/mol. The lowest BCUT2D eigenvalue weighted by Gasteiger charge is -2.17. The van der Waals surface area contributed by atoms with Gasteiger partial charge < -0.3 is 30.9 Å². The molecule has 1 aliphatic heterocycles. The minimum absolute atomic E-state index is 0.0847. The highest BCUT2D eigenvalue weighted by Crippen LogP contribution is 2.32. The predicted octanol–water partition coefficient (Wildman–Crippen LogP) is -2.50. The number of ether oxygens (including phenoxy) is 1. The van der Waals surface area contributed by atoms with E-state index in [4.69, 9.17) is 10.5 Å². The highest BCUT2D eigenvalue weighted by molar-refractivity contribution is 7.85. The van der Waals surface area contributed by atoms with Crippen molar-refractivity contribution in [3.63, 3.8) is 0 Å². The third kappa shape index (κ3) is 4.24. The number of phenolic OH excluding ortho intramolecular Hbond substituents is 1. The van der Waals surface area contributed by atoms with Crippen molar-refractivity contribution in [1.82, 2.24) is 24.2 Å². The average Bonchev–Trinajstić information content (AvgIpc) is 3.31. The molecule has 176 valence electrons. The first-order valence-electron chi connectivity index (χ1n) is 9.24. The molecule has 33 heavy (non-hydrogen) atoms. The fourth-order valence-corrected chi connectivity index (χ4v) is 3.92. The lowest BCUT2D eigenvalue weighted by atomic mass is 10.1. The monoisotopic (exact) mass is 481 g/mol. The summed E-state index contributed by atoms with van der Waals surface area (Å²) >= 11 is 0. The first-order chi connectivity index (χ1) is 15.6. The number of carbonyl (C=O) groups excluding carboxylic acids is 1. The van der Waals surface area contributed by atoms with Crippen LogP contribution in [0.5, 0.6) is 11.5 Å². The molecule has 15 nitrogen and oxygen atoms in total. The number of aliphatic hydroxyl groups is 2. The molecular weight excluding hydrogens is 464 g/mol. The molecule has 1 fully saturated rings. The van der Waals surface area contributed by atoms with Crippen molar-refractivity contribution in [1.29, 1.82) is 0 Å². The molecule has 0 radical (unpaired) electrons. The van der Waals surface area contributed by atoms with Crippen LogP contribution in [0, 0.1) is 0 Å². The molecule has 0 saturated carbocycles. The fraction of sp³-hybridized carbons (Fsp3) is 0.294. The van der Waals surface area contributed by atoms with Crippen molar-refractivity contribution in [2.45, 2.75) is 24.5 Å². The van der Waals surface area contributed by atoms with Crippen LogP contribution in [0.1, 0.15) is 16.6 Å². The van der Waals surface area contributed by atoms with Gasteiger partial charge in [0.1, 0.15) is 35.9 Å². The molecule has 2 unspecified atom stereocenters. The van der Waals surface area contributed by atoms with Gasteiger partial charge in [-0.2, -0.15) is 8.42 Å². The van der Waals surface area contributed by atoms with Crippen LogP contribution in [0.2, 0.25) is 0 Å². The van der Waals surface area contributed by atoms with E-state index in [-0.39, 0.29) is 17.0 Å². The number of imidazole rings is 1. The van der Waals surface area contributed by atoms with Gasteiger partial charge in [-0.25, -0.2) is 19.7 Å². The van der Waals surface area contributed by atoms with Crippen molar-refractivity contribution in [3.8, 4) is 11.5 Å². The molecule has 3 aromatic rings. The molecule has 1 saturated heterocycles. The quantitative estimate of drug-likeness (QED) is 0.245. The van der Waals surface area contributed by atoms with E-state index in [1.807, 2.05) is 0 Å². The Morgan fingerprint density at radius 3 is 2.79 bits per heavy atom. The molecule has 16 heteroatoms. The van der Waals surface area contributed by atoms with E-state index in [0.717, 1.165) is 12.1 Å². The van der Waals surface area contributed by atoms with Gasteiger partial charge in [-0.15, -0.1) is 0 Å². The lowest BCUT2D eigenvalue weighted by Crippen LogP contribution is -2.38. The van der Waals surface area contributed by atoms with Crippen LogP contribution in [-0.4, -0.2) is 74.1 Å². The number of aromatic nitrogens is 4. The number of aliphatic hydroxyl groups excluding tert-OH is 2. The Kier molecular flexibility index (Phi) is 5.76. The van der Waals surface area contributed by atoms with Gasteiger partial charge in [-0.05, 0) is 12.1 Å². The zero-order valence-electron chi connectivity index (χ0n) is 16.5. The number of nitrogen functional groups attached to an aromatic ring is 1. The highest BCUT2D eigenvalue weighted by atomic mass is 32.2. The topological polar surface area (TPSA) is 235 Å². The third-order valence-corrected chi connectivity index (χ3v) is 5.72. The van der Waals surface area contributed by atoms with Crippen molar-refractivity contribution in [2.24, 2.45) is 0 Å². The van der Waals surface area contributed by atoms with Crippen LogP contribution >= 0.6 is 0 Å². The molecular formula is C17H17N6O9S-. The Morgan fingerprint density at radius 2 is 2.03 bits per heavy atom. The van der Waals surface area contributed by atoms with Gasteiger partial charge in [0.05, 0.1) is 12.9 Å². The number of para-hydroxylation sites is 1. The van der Waals surface area contributed by atoms with E-state index in [2.05, 4.69) is 19.1 Å².